The minimum absolute atomic E-state index is 0.00861. The number of nitrogens with zero attached hydrogens (tertiary/aromatic N) is 2. The number of aryl methyl sites for hydroxylation is 2. The molecule has 0 aliphatic rings. The average molecular weight is 369 g/mol. The number of carbonyl (C=O) groups is 1. The van der Waals surface area contributed by atoms with Crippen molar-refractivity contribution in [2.45, 2.75) is 44.8 Å². The van der Waals surface area contributed by atoms with Crippen LogP contribution in [0.3, 0.4) is 0 Å². The lowest BCUT2D eigenvalue weighted by Gasteiger charge is -2.13. The molecule has 136 valence electrons. The lowest BCUT2D eigenvalue weighted by Crippen LogP contribution is -2.26. The van der Waals surface area contributed by atoms with Gasteiger partial charge in [0.25, 0.3) is 0 Å². The van der Waals surface area contributed by atoms with Crippen LogP contribution >= 0.6 is 11.8 Å². The van der Waals surface area contributed by atoms with E-state index in [0.29, 0.717) is 12.8 Å². The number of aromatic nitrogens is 2. The third kappa shape index (κ3) is 4.07. The first-order valence-corrected chi connectivity index (χ1v) is 9.86. The summed E-state index contributed by atoms with van der Waals surface area (Å²) < 4.78 is 5.82. The highest BCUT2D eigenvalue weighted by Crippen LogP contribution is 2.24. The predicted molar refractivity (Wildman–Crippen MR) is 104 cm³/mol. The van der Waals surface area contributed by atoms with Crippen molar-refractivity contribution in [3.8, 4) is 0 Å². The number of fused-ring (bicyclic) bond motifs is 1. The molecular weight excluding hydrogens is 346 g/mol. The Bertz CT molecular complexity index is 880. The van der Waals surface area contributed by atoms with E-state index in [-0.39, 0.29) is 11.9 Å². The van der Waals surface area contributed by atoms with E-state index < -0.39 is 0 Å². The van der Waals surface area contributed by atoms with Crippen LogP contribution in [0.5, 0.6) is 0 Å². The Morgan fingerprint density at radius 3 is 2.58 bits per heavy atom. The van der Waals surface area contributed by atoms with Crippen molar-refractivity contribution in [3.63, 3.8) is 0 Å². The molecule has 2 heterocycles. The van der Waals surface area contributed by atoms with Crippen molar-refractivity contribution in [2.75, 3.05) is 6.26 Å². The molecule has 0 aliphatic heterocycles. The van der Waals surface area contributed by atoms with Crippen LogP contribution in [0.2, 0.25) is 0 Å². The van der Waals surface area contributed by atoms with E-state index in [0.717, 1.165) is 38.8 Å². The molecule has 3 aromatic rings. The number of furan rings is 1. The molecule has 0 aliphatic carbocycles. The molecular formula is C20H23N3O2S. The fourth-order valence-corrected chi connectivity index (χ4v) is 3.46. The van der Waals surface area contributed by atoms with Crippen LogP contribution in [0.25, 0.3) is 11.0 Å². The van der Waals surface area contributed by atoms with Crippen molar-refractivity contribution >= 4 is 28.6 Å². The Balaban J connectivity index is 1.62. The molecule has 0 spiro atoms. The lowest BCUT2D eigenvalue weighted by molar-refractivity contribution is -0.121. The Morgan fingerprint density at radius 2 is 1.92 bits per heavy atom. The maximum Gasteiger partial charge on any atom is 0.220 e. The largest absolute Gasteiger partial charge is 0.459 e. The molecule has 3 rings (SSSR count). The molecule has 0 bridgehead atoms. The SMILES string of the molecule is CSc1nc(C)c(CCC(=O)NC(C)c2cc3ccccc3o2)c(C)n1. The van der Waals surface area contributed by atoms with E-state index in [9.17, 15) is 4.79 Å². The van der Waals surface area contributed by atoms with Gasteiger partial charge < -0.3 is 9.73 Å². The standard InChI is InChI=1S/C20H23N3O2S/c1-12-16(13(2)23-20(22-12)26-4)9-10-19(24)21-14(3)18-11-15-7-5-6-8-17(15)25-18/h5-8,11,14H,9-10H2,1-4H3,(H,21,24). The van der Waals surface area contributed by atoms with Gasteiger partial charge in [0.1, 0.15) is 11.3 Å². The second kappa shape index (κ2) is 7.91. The fourth-order valence-electron chi connectivity index (χ4n) is 3.00. The summed E-state index contributed by atoms with van der Waals surface area (Å²) in [5.41, 5.74) is 3.77. The van der Waals surface area contributed by atoms with Crippen molar-refractivity contribution in [1.29, 1.82) is 0 Å². The van der Waals surface area contributed by atoms with E-state index in [2.05, 4.69) is 15.3 Å². The highest BCUT2D eigenvalue weighted by molar-refractivity contribution is 7.98. The zero-order valence-electron chi connectivity index (χ0n) is 15.5. The molecule has 5 nitrogen and oxygen atoms in total. The smallest absolute Gasteiger partial charge is 0.220 e. The maximum absolute atomic E-state index is 12.4. The van der Waals surface area contributed by atoms with Gasteiger partial charge in [0.15, 0.2) is 5.16 Å². The summed E-state index contributed by atoms with van der Waals surface area (Å²) in [6.07, 6.45) is 2.99. The van der Waals surface area contributed by atoms with Crippen molar-refractivity contribution in [3.05, 3.63) is 53.0 Å². The molecule has 1 aromatic carbocycles. The first kappa shape index (κ1) is 18.5. The molecule has 0 radical (unpaired) electrons. The lowest BCUT2D eigenvalue weighted by atomic mass is 10.1. The third-order valence-corrected chi connectivity index (χ3v) is 4.98. The highest BCUT2D eigenvalue weighted by Gasteiger charge is 2.15. The zero-order chi connectivity index (χ0) is 18.7. The molecule has 1 unspecified atom stereocenters. The third-order valence-electron chi connectivity index (χ3n) is 4.43. The van der Waals surface area contributed by atoms with Crippen LogP contribution in [0.15, 0.2) is 39.9 Å². The first-order chi connectivity index (χ1) is 12.5. The Hall–Kier alpha value is -2.34. The molecule has 0 fully saturated rings. The summed E-state index contributed by atoms with van der Waals surface area (Å²) >= 11 is 1.53. The summed E-state index contributed by atoms with van der Waals surface area (Å²) in [5, 5.41) is 4.82. The summed E-state index contributed by atoms with van der Waals surface area (Å²) in [4.78, 5) is 21.3. The summed E-state index contributed by atoms with van der Waals surface area (Å²) in [7, 11) is 0. The molecule has 26 heavy (non-hydrogen) atoms. The Kier molecular flexibility index (Phi) is 5.61. The first-order valence-electron chi connectivity index (χ1n) is 8.64. The molecule has 2 aromatic heterocycles. The minimum Gasteiger partial charge on any atom is -0.459 e. The monoisotopic (exact) mass is 369 g/mol. The van der Waals surface area contributed by atoms with Gasteiger partial charge in [-0.15, -0.1) is 0 Å². The predicted octanol–water partition coefficient (Wildman–Crippen LogP) is 4.37. The molecule has 1 amide bonds. The fraction of sp³-hybridized carbons (Fsp3) is 0.350. The van der Waals surface area contributed by atoms with Crippen LogP contribution in [0, 0.1) is 13.8 Å². The number of carbonyl (C=O) groups excluding carboxylic acids is 1. The average Bonchev–Trinajstić information content (AvgIpc) is 3.05. The van der Waals surface area contributed by atoms with Crippen LogP contribution < -0.4 is 5.32 Å². The van der Waals surface area contributed by atoms with Gasteiger partial charge in [-0.3, -0.25) is 4.79 Å². The highest BCUT2D eigenvalue weighted by atomic mass is 32.2. The van der Waals surface area contributed by atoms with Crippen molar-refractivity contribution in [1.82, 2.24) is 15.3 Å². The van der Waals surface area contributed by atoms with Gasteiger partial charge in [0, 0.05) is 23.2 Å². The molecule has 0 saturated heterocycles. The van der Waals surface area contributed by atoms with Crippen molar-refractivity contribution in [2.24, 2.45) is 0 Å². The number of benzene rings is 1. The van der Waals surface area contributed by atoms with Gasteiger partial charge in [-0.05, 0) is 51.1 Å². The summed E-state index contributed by atoms with van der Waals surface area (Å²) in [5.74, 6) is 0.755. The number of amides is 1. The van der Waals surface area contributed by atoms with E-state index in [1.54, 1.807) is 0 Å². The van der Waals surface area contributed by atoms with Crippen LogP contribution in [-0.2, 0) is 11.2 Å². The Labute approximate surface area is 157 Å². The van der Waals surface area contributed by atoms with E-state index in [1.165, 1.54) is 11.8 Å². The minimum atomic E-state index is -0.174. The van der Waals surface area contributed by atoms with Crippen LogP contribution in [0.1, 0.15) is 42.1 Å². The van der Waals surface area contributed by atoms with Crippen LogP contribution in [-0.4, -0.2) is 22.1 Å². The van der Waals surface area contributed by atoms with E-state index >= 15 is 0 Å². The maximum atomic E-state index is 12.4. The number of para-hydroxylation sites is 1. The molecule has 1 atom stereocenters. The normalized spacial score (nSPS) is 12.3. The van der Waals surface area contributed by atoms with Gasteiger partial charge in [-0.2, -0.15) is 0 Å². The number of nitrogens with one attached hydrogen (secondary N) is 1. The second-order valence-corrected chi connectivity index (χ2v) is 7.11. The quantitative estimate of drug-likeness (QED) is 0.516. The second-order valence-electron chi connectivity index (χ2n) is 6.34. The molecule has 6 heteroatoms. The molecule has 1 N–H and O–H groups in total. The van der Waals surface area contributed by atoms with Gasteiger partial charge in [0.05, 0.1) is 6.04 Å². The number of thioether (sulfide) groups is 1. The molecule has 0 saturated carbocycles. The topological polar surface area (TPSA) is 68.0 Å². The van der Waals surface area contributed by atoms with E-state index in [1.807, 2.05) is 57.4 Å². The van der Waals surface area contributed by atoms with Gasteiger partial charge in [-0.25, -0.2) is 9.97 Å². The zero-order valence-corrected chi connectivity index (χ0v) is 16.3. The number of hydrogen-bond donors (Lipinski definition) is 1. The van der Waals surface area contributed by atoms with Crippen LogP contribution in [0.4, 0.5) is 0 Å². The van der Waals surface area contributed by atoms with Gasteiger partial charge >= 0.3 is 0 Å². The van der Waals surface area contributed by atoms with Crippen molar-refractivity contribution < 1.29 is 9.21 Å². The van der Waals surface area contributed by atoms with E-state index in [4.69, 9.17) is 4.42 Å². The summed E-state index contributed by atoms with van der Waals surface area (Å²) in [6, 6.07) is 9.64. The summed E-state index contributed by atoms with van der Waals surface area (Å²) in [6.45, 7) is 5.87. The number of rotatable bonds is 6. The Morgan fingerprint density at radius 1 is 1.23 bits per heavy atom. The van der Waals surface area contributed by atoms with Gasteiger partial charge in [0.2, 0.25) is 5.91 Å². The van der Waals surface area contributed by atoms with Gasteiger partial charge in [-0.1, -0.05) is 30.0 Å². The number of hydrogen-bond acceptors (Lipinski definition) is 5.